The van der Waals surface area contributed by atoms with Gasteiger partial charge >= 0.3 is 0 Å². The third-order valence-corrected chi connectivity index (χ3v) is 2.55. The van der Waals surface area contributed by atoms with Crippen molar-refractivity contribution < 1.29 is 5.11 Å². The Hall–Kier alpha value is -0.0400. The molecular weight excluding hydrogens is 148 g/mol. The van der Waals surface area contributed by atoms with Gasteiger partial charge in [-0.15, -0.1) is 0 Å². The highest BCUT2D eigenvalue weighted by atomic mass is 16.3. The Bertz CT molecular complexity index is 91.0. The van der Waals surface area contributed by atoms with Gasteiger partial charge in [0.25, 0.3) is 0 Å². The van der Waals surface area contributed by atoms with Crippen molar-refractivity contribution in [3.05, 3.63) is 0 Å². The summed E-state index contributed by atoms with van der Waals surface area (Å²) in [5.41, 5.74) is 0. The first kappa shape index (κ1) is 12.0. The maximum absolute atomic E-state index is 9.68. The molecule has 0 amide bonds. The molecule has 0 aromatic carbocycles. The van der Waals surface area contributed by atoms with Crippen LogP contribution in [0.2, 0.25) is 0 Å². The number of hydrogen-bond donors (Lipinski definition) is 1. The molecule has 0 aliphatic rings. The third kappa shape index (κ3) is 4.76. The standard InChI is InChI=1S/C11H24O/c1-4-7-9-10(8-5-2)11(12)6-3/h10-12H,4-9H2,1-3H3. The lowest BCUT2D eigenvalue weighted by molar-refractivity contribution is 0.0917. The molecule has 0 aromatic rings. The van der Waals surface area contributed by atoms with Gasteiger partial charge in [-0.05, 0) is 25.2 Å². The second-order valence-electron chi connectivity index (χ2n) is 3.67. The van der Waals surface area contributed by atoms with Crippen LogP contribution in [0.25, 0.3) is 0 Å². The van der Waals surface area contributed by atoms with Crippen LogP contribution in [0.4, 0.5) is 0 Å². The zero-order valence-electron chi connectivity index (χ0n) is 8.84. The summed E-state index contributed by atoms with van der Waals surface area (Å²) < 4.78 is 0. The van der Waals surface area contributed by atoms with Crippen LogP contribution < -0.4 is 0 Å². The average molecular weight is 172 g/mol. The van der Waals surface area contributed by atoms with Crippen molar-refractivity contribution >= 4 is 0 Å². The van der Waals surface area contributed by atoms with Gasteiger partial charge in [0.2, 0.25) is 0 Å². The van der Waals surface area contributed by atoms with Crippen molar-refractivity contribution in [2.45, 2.75) is 65.4 Å². The van der Waals surface area contributed by atoms with Gasteiger partial charge in [-0.3, -0.25) is 0 Å². The number of unbranched alkanes of at least 4 members (excludes halogenated alkanes) is 1. The Kier molecular flexibility index (Phi) is 7.58. The smallest absolute Gasteiger partial charge is 0.0565 e. The lowest BCUT2D eigenvalue weighted by atomic mass is 9.90. The molecule has 1 N–H and O–H groups in total. The van der Waals surface area contributed by atoms with Crippen LogP contribution in [0.5, 0.6) is 0 Å². The first-order valence-electron chi connectivity index (χ1n) is 5.44. The minimum absolute atomic E-state index is 0.0588. The SMILES string of the molecule is CCCCC(CCC)C(O)CC. The molecule has 0 aromatic heterocycles. The summed E-state index contributed by atoms with van der Waals surface area (Å²) in [6.07, 6.45) is 6.96. The second kappa shape index (κ2) is 7.60. The minimum atomic E-state index is -0.0588. The van der Waals surface area contributed by atoms with Gasteiger partial charge in [-0.1, -0.05) is 40.0 Å². The van der Waals surface area contributed by atoms with E-state index in [1.807, 2.05) is 0 Å². The van der Waals surface area contributed by atoms with Gasteiger partial charge in [-0.25, -0.2) is 0 Å². The van der Waals surface area contributed by atoms with E-state index in [2.05, 4.69) is 20.8 Å². The summed E-state index contributed by atoms with van der Waals surface area (Å²) >= 11 is 0. The predicted molar refractivity (Wildman–Crippen MR) is 54.2 cm³/mol. The van der Waals surface area contributed by atoms with Crippen molar-refractivity contribution in [3.8, 4) is 0 Å². The summed E-state index contributed by atoms with van der Waals surface area (Å²) in [6.45, 7) is 6.47. The van der Waals surface area contributed by atoms with E-state index in [1.165, 1.54) is 32.1 Å². The van der Waals surface area contributed by atoms with E-state index in [1.54, 1.807) is 0 Å². The molecule has 12 heavy (non-hydrogen) atoms. The first-order chi connectivity index (χ1) is 5.76. The van der Waals surface area contributed by atoms with Crippen LogP contribution in [0.3, 0.4) is 0 Å². The topological polar surface area (TPSA) is 20.2 Å². The molecule has 0 aliphatic carbocycles. The van der Waals surface area contributed by atoms with Crippen LogP contribution >= 0.6 is 0 Å². The number of hydrogen-bond acceptors (Lipinski definition) is 1. The highest BCUT2D eigenvalue weighted by molar-refractivity contribution is 4.67. The summed E-state index contributed by atoms with van der Waals surface area (Å²) in [5, 5.41) is 9.68. The van der Waals surface area contributed by atoms with Gasteiger partial charge in [-0.2, -0.15) is 0 Å². The largest absolute Gasteiger partial charge is 0.393 e. The molecule has 2 atom stereocenters. The lowest BCUT2D eigenvalue weighted by Crippen LogP contribution is -2.19. The number of aliphatic hydroxyl groups excluding tert-OH is 1. The van der Waals surface area contributed by atoms with E-state index in [9.17, 15) is 5.11 Å². The lowest BCUT2D eigenvalue weighted by Gasteiger charge is -2.20. The van der Waals surface area contributed by atoms with E-state index in [4.69, 9.17) is 0 Å². The molecule has 0 rings (SSSR count). The van der Waals surface area contributed by atoms with Crippen LogP contribution in [0.1, 0.15) is 59.3 Å². The fourth-order valence-corrected chi connectivity index (χ4v) is 1.70. The molecule has 0 saturated carbocycles. The van der Waals surface area contributed by atoms with E-state index in [0.29, 0.717) is 5.92 Å². The molecule has 1 nitrogen and oxygen atoms in total. The van der Waals surface area contributed by atoms with Crippen molar-refractivity contribution in [1.82, 2.24) is 0 Å². The third-order valence-electron chi connectivity index (χ3n) is 2.55. The van der Waals surface area contributed by atoms with Crippen molar-refractivity contribution in [2.24, 2.45) is 5.92 Å². The summed E-state index contributed by atoms with van der Waals surface area (Å²) in [4.78, 5) is 0. The van der Waals surface area contributed by atoms with E-state index >= 15 is 0 Å². The Labute approximate surface area is 77.2 Å². The van der Waals surface area contributed by atoms with Crippen LogP contribution in [-0.4, -0.2) is 11.2 Å². The van der Waals surface area contributed by atoms with Gasteiger partial charge in [0.05, 0.1) is 6.10 Å². The fraction of sp³-hybridized carbons (Fsp3) is 1.00. The molecule has 0 heterocycles. The minimum Gasteiger partial charge on any atom is -0.393 e. The Morgan fingerprint density at radius 1 is 1.00 bits per heavy atom. The van der Waals surface area contributed by atoms with E-state index in [-0.39, 0.29) is 6.10 Å². The van der Waals surface area contributed by atoms with Gasteiger partial charge in [0, 0.05) is 0 Å². The van der Waals surface area contributed by atoms with Crippen molar-refractivity contribution in [1.29, 1.82) is 0 Å². The Balaban J connectivity index is 3.68. The molecule has 0 radical (unpaired) electrons. The predicted octanol–water partition coefficient (Wildman–Crippen LogP) is 3.36. The van der Waals surface area contributed by atoms with Gasteiger partial charge in [0.1, 0.15) is 0 Å². The highest BCUT2D eigenvalue weighted by Gasteiger charge is 2.15. The quantitative estimate of drug-likeness (QED) is 0.624. The van der Waals surface area contributed by atoms with Crippen molar-refractivity contribution in [3.63, 3.8) is 0 Å². The molecule has 0 aliphatic heterocycles. The molecule has 0 spiro atoms. The molecule has 0 saturated heterocycles. The number of rotatable bonds is 7. The fourth-order valence-electron chi connectivity index (χ4n) is 1.70. The van der Waals surface area contributed by atoms with Crippen LogP contribution in [0, 0.1) is 5.92 Å². The summed E-state index contributed by atoms with van der Waals surface area (Å²) in [5.74, 6) is 0.556. The van der Waals surface area contributed by atoms with Gasteiger partial charge < -0.3 is 5.11 Å². The molecule has 0 fully saturated rings. The van der Waals surface area contributed by atoms with E-state index in [0.717, 1.165) is 6.42 Å². The maximum atomic E-state index is 9.68. The van der Waals surface area contributed by atoms with E-state index < -0.39 is 0 Å². The second-order valence-corrected chi connectivity index (χ2v) is 3.67. The average Bonchev–Trinajstić information content (AvgIpc) is 2.11. The summed E-state index contributed by atoms with van der Waals surface area (Å²) in [7, 11) is 0. The molecular formula is C11H24O. The Morgan fingerprint density at radius 3 is 2.08 bits per heavy atom. The summed E-state index contributed by atoms with van der Waals surface area (Å²) in [6, 6.07) is 0. The van der Waals surface area contributed by atoms with Gasteiger partial charge in [0.15, 0.2) is 0 Å². The monoisotopic (exact) mass is 172 g/mol. The number of aliphatic hydroxyl groups is 1. The molecule has 1 heteroatoms. The zero-order valence-corrected chi connectivity index (χ0v) is 8.84. The molecule has 74 valence electrons. The normalized spacial score (nSPS) is 16.0. The highest BCUT2D eigenvalue weighted by Crippen LogP contribution is 2.20. The molecule has 0 bridgehead atoms. The Morgan fingerprint density at radius 2 is 1.67 bits per heavy atom. The first-order valence-corrected chi connectivity index (χ1v) is 5.44. The maximum Gasteiger partial charge on any atom is 0.0565 e. The molecule has 2 unspecified atom stereocenters. The zero-order chi connectivity index (χ0) is 9.40. The van der Waals surface area contributed by atoms with Crippen LogP contribution in [0.15, 0.2) is 0 Å². The van der Waals surface area contributed by atoms with Crippen LogP contribution in [-0.2, 0) is 0 Å². The van der Waals surface area contributed by atoms with Crippen molar-refractivity contribution in [2.75, 3.05) is 0 Å².